The standard InChI is InChI=1S/C13H23N3S/c1-2-17-13-6-4-3-5-12(13)15-8-10-16-9-7-14-11-16/h7,9,11-13,15H,2-6,8,10H2,1H3/t12-,13-/m1/s1. The molecule has 4 heteroatoms. The van der Waals surface area contributed by atoms with Gasteiger partial charge in [0.2, 0.25) is 0 Å². The number of imidazole rings is 1. The third kappa shape index (κ3) is 4.03. The maximum atomic E-state index is 4.06. The molecule has 1 aliphatic carbocycles. The maximum absolute atomic E-state index is 4.06. The van der Waals surface area contributed by atoms with Gasteiger partial charge in [-0.05, 0) is 18.6 Å². The summed E-state index contributed by atoms with van der Waals surface area (Å²) in [6, 6.07) is 0.720. The Kier molecular flexibility index (Phi) is 5.39. The van der Waals surface area contributed by atoms with Crippen LogP contribution in [0, 0.1) is 0 Å². The lowest BCUT2D eigenvalue weighted by molar-refractivity contribution is 0.378. The lowest BCUT2D eigenvalue weighted by atomic mass is 9.95. The number of nitrogens with one attached hydrogen (secondary N) is 1. The van der Waals surface area contributed by atoms with Gasteiger partial charge in [0, 0.05) is 36.8 Å². The van der Waals surface area contributed by atoms with Gasteiger partial charge in [-0.1, -0.05) is 19.8 Å². The molecule has 0 amide bonds. The lowest BCUT2D eigenvalue weighted by Gasteiger charge is -2.31. The zero-order valence-corrected chi connectivity index (χ0v) is 11.5. The molecule has 1 aliphatic rings. The van der Waals surface area contributed by atoms with Gasteiger partial charge < -0.3 is 9.88 Å². The van der Waals surface area contributed by atoms with Crippen molar-refractivity contribution < 1.29 is 0 Å². The van der Waals surface area contributed by atoms with Crippen LogP contribution >= 0.6 is 11.8 Å². The minimum atomic E-state index is 0.720. The fraction of sp³-hybridized carbons (Fsp3) is 0.769. The van der Waals surface area contributed by atoms with E-state index in [0.717, 1.165) is 24.4 Å². The Morgan fingerprint density at radius 2 is 2.29 bits per heavy atom. The summed E-state index contributed by atoms with van der Waals surface area (Å²) in [5, 5.41) is 4.56. The first-order valence-electron chi connectivity index (χ1n) is 6.71. The Bertz CT molecular complexity index is 298. The predicted molar refractivity (Wildman–Crippen MR) is 74.4 cm³/mol. The van der Waals surface area contributed by atoms with E-state index < -0.39 is 0 Å². The van der Waals surface area contributed by atoms with Crippen LogP contribution in [0.15, 0.2) is 18.7 Å². The minimum Gasteiger partial charge on any atom is -0.336 e. The third-order valence-electron chi connectivity index (χ3n) is 3.42. The number of hydrogen-bond donors (Lipinski definition) is 1. The number of rotatable bonds is 6. The molecule has 1 saturated carbocycles. The van der Waals surface area contributed by atoms with Crippen molar-refractivity contribution in [2.45, 2.75) is 50.4 Å². The van der Waals surface area contributed by atoms with Crippen molar-refractivity contribution in [2.75, 3.05) is 12.3 Å². The number of hydrogen-bond acceptors (Lipinski definition) is 3. The van der Waals surface area contributed by atoms with Gasteiger partial charge in [-0.2, -0.15) is 11.8 Å². The molecule has 0 aromatic carbocycles. The molecule has 1 aromatic rings. The molecule has 0 unspecified atom stereocenters. The van der Waals surface area contributed by atoms with E-state index in [1.165, 1.54) is 31.4 Å². The van der Waals surface area contributed by atoms with Crippen molar-refractivity contribution >= 4 is 11.8 Å². The molecule has 17 heavy (non-hydrogen) atoms. The van der Waals surface area contributed by atoms with Crippen molar-refractivity contribution in [2.24, 2.45) is 0 Å². The van der Waals surface area contributed by atoms with E-state index in [2.05, 4.69) is 33.6 Å². The van der Waals surface area contributed by atoms with Crippen LogP contribution in [0.4, 0.5) is 0 Å². The molecule has 0 aliphatic heterocycles. The van der Waals surface area contributed by atoms with Gasteiger partial charge in [0.05, 0.1) is 6.33 Å². The predicted octanol–water partition coefficient (Wildman–Crippen LogP) is 2.54. The quantitative estimate of drug-likeness (QED) is 0.845. The first-order valence-corrected chi connectivity index (χ1v) is 7.75. The van der Waals surface area contributed by atoms with Crippen molar-refractivity contribution in [3.05, 3.63) is 18.7 Å². The van der Waals surface area contributed by atoms with Crippen LogP contribution in [0.5, 0.6) is 0 Å². The second-order valence-corrected chi connectivity index (χ2v) is 6.16. The van der Waals surface area contributed by atoms with Gasteiger partial charge in [-0.25, -0.2) is 4.98 Å². The topological polar surface area (TPSA) is 29.9 Å². The second-order valence-electron chi connectivity index (χ2n) is 4.64. The Labute approximate surface area is 108 Å². The fourth-order valence-electron chi connectivity index (χ4n) is 2.54. The Morgan fingerprint density at radius 3 is 3.06 bits per heavy atom. The van der Waals surface area contributed by atoms with Gasteiger partial charge in [0.1, 0.15) is 0 Å². The fourth-order valence-corrected chi connectivity index (χ4v) is 3.77. The van der Waals surface area contributed by atoms with E-state index in [4.69, 9.17) is 0 Å². The molecule has 1 aromatic heterocycles. The zero-order valence-electron chi connectivity index (χ0n) is 10.6. The van der Waals surface area contributed by atoms with Crippen molar-refractivity contribution in [1.82, 2.24) is 14.9 Å². The molecule has 2 rings (SSSR count). The molecule has 0 bridgehead atoms. The van der Waals surface area contributed by atoms with Crippen LogP contribution in [-0.4, -0.2) is 33.1 Å². The molecule has 2 atom stereocenters. The van der Waals surface area contributed by atoms with E-state index in [1.54, 1.807) is 0 Å². The van der Waals surface area contributed by atoms with Crippen LogP contribution in [0.1, 0.15) is 32.6 Å². The monoisotopic (exact) mass is 253 g/mol. The highest BCUT2D eigenvalue weighted by atomic mass is 32.2. The molecule has 3 nitrogen and oxygen atoms in total. The summed E-state index contributed by atoms with van der Waals surface area (Å²) in [5.74, 6) is 1.24. The normalized spacial score (nSPS) is 25.0. The van der Waals surface area contributed by atoms with Crippen molar-refractivity contribution in [3.63, 3.8) is 0 Å². The van der Waals surface area contributed by atoms with Gasteiger partial charge in [-0.15, -0.1) is 0 Å². The SMILES string of the molecule is CCS[C@@H]1CCCC[C@H]1NCCn1ccnc1. The van der Waals surface area contributed by atoms with Gasteiger partial charge in [0.25, 0.3) is 0 Å². The van der Waals surface area contributed by atoms with Crippen LogP contribution in [0.2, 0.25) is 0 Å². The summed E-state index contributed by atoms with van der Waals surface area (Å²) < 4.78 is 2.14. The summed E-state index contributed by atoms with van der Waals surface area (Å²) in [7, 11) is 0. The molecule has 0 saturated heterocycles. The molecular formula is C13H23N3S. The molecule has 1 heterocycles. The summed E-state index contributed by atoms with van der Waals surface area (Å²) in [6.07, 6.45) is 11.3. The van der Waals surface area contributed by atoms with E-state index in [9.17, 15) is 0 Å². The Balaban J connectivity index is 1.72. The number of nitrogens with zero attached hydrogens (tertiary/aromatic N) is 2. The van der Waals surface area contributed by atoms with Crippen LogP contribution < -0.4 is 5.32 Å². The Hall–Kier alpha value is -0.480. The molecule has 96 valence electrons. The summed E-state index contributed by atoms with van der Waals surface area (Å²) in [5.41, 5.74) is 0. The van der Waals surface area contributed by atoms with E-state index >= 15 is 0 Å². The van der Waals surface area contributed by atoms with Gasteiger partial charge >= 0.3 is 0 Å². The van der Waals surface area contributed by atoms with Gasteiger partial charge in [0.15, 0.2) is 0 Å². The highest BCUT2D eigenvalue weighted by molar-refractivity contribution is 7.99. The summed E-state index contributed by atoms with van der Waals surface area (Å²) in [6.45, 7) is 4.35. The zero-order chi connectivity index (χ0) is 11.9. The molecule has 1 N–H and O–H groups in total. The van der Waals surface area contributed by atoms with Crippen LogP contribution in [0.25, 0.3) is 0 Å². The summed E-state index contributed by atoms with van der Waals surface area (Å²) >= 11 is 2.13. The largest absolute Gasteiger partial charge is 0.336 e. The highest BCUT2D eigenvalue weighted by Crippen LogP contribution is 2.28. The van der Waals surface area contributed by atoms with Crippen LogP contribution in [0.3, 0.4) is 0 Å². The number of aromatic nitrogens is 2. The molecule has 1 fully saturated rings. The van der Waals surface area contributed by atoms with Crippen molar-refractivity contribution in [3.8, 4) is 0 Å². The first-order chi connectivity index (χ1) is 8.40. The molecule has 0 radical (unpaired) electrons. The van der Waals surface area contributed by atoms with Crippen LogP contribution in [-0.2, 0) is 6.54 Å². The lowest BCUT2D eigenvalue weighted by Crippen LogP contribution is -2.41. The van der Waals surface area contributed by atoms with Gasteiger partial charge in [-0.3, -0.25) is 0 Å². The average Bonchev–Trinajstić information content (AvgIpc) is 2.85. The van der Waals surface area contributed by atoms with E-state index in [-0.39, 0.29) is 0 Å². The summed E-state index contributed by atoms with van der Waals surface area (Å²) in [4.78, 5) is 4.06. The third-order valence-corrected chi connectivity index (χ3v) is 4.74. The highest BCUT2D eigenvalue weighted by Gasteiger charge is 2.23. The first kappa shape index (κ1) is 13.0. The van der Waals surface area contributed by atoms with Crippen molar-refractivity contribution in [1.29, 1.82) is 0 Å². The second kappa shape index (κ2) is 7.07. The minimum absolute atomic E-state index is 0.720. The molecular weight excluding hydrogens is 230 g/mol. The smallest absolute Gasteiger partial charge is 0.0946 e. The number of thioether (sulfide) groups is 1. The maximum Gasteiger partial charge on any atom is 0.0946 e. The van der Waals surface area contributed by atoms with E-state index in [0.29, 0.717) is 0 Å². The average molecular weight is 253 g/mol. The van der Waals surface area contributed by atoms with E-state index in [1.807, 2.05) is 18.7 Å². The molecule has 0 spiro atoms. The Morgan fingerprint density at radius 1 is 1.41 bits per heavy atom.